The van der Waals surface area contributed by atoms with Crippen LogP contribution in [0.1, 0.15) is 0 Å². The van der Waals surface area contributed by atoms with Gasteiger partial charge in [-0.3, -0.25) is 4.79 Å². The Hall–Kier alpha value is -0.340. The average molecular weight is 110 g/mol. The summed E-state index contributed by atoms with van der Waals surface area (Å²) in [5, 5.41) is 0. The summed E-state index contributed by atoms with van der Waals surface area (Å²) in [6, 6.07) is 0. The minimum absolute atomic E-state index is 0.0682. The van der Waals surface area contributed by atoms with Crippen molar-refractivity contribution in [3.8, 4) is 0 Å². The van der Waals surface area contributed by atoms with E-state index in [2.05, 4.69) is 4.52 Å². The molecule has 1 atom stereocenters. The zero-order valence-electron chi connectivity index (χ0n) is 2.75. The van der Waals surface area contributed by atoms with E-state index in [0.717, 1.165) is 0 Å². The second-order valence-electron chi connectivity index (χ2n) is 0.480. The molecule has 0 bridgehead atoms. The van der Waals surface area contributed by atoms with Crippen LogP contribution in [0.5, 0.6) is 0 Å². The summed E-state index contributed by atoms with van der Waals surface area (Å²) in [6.45, 7) is -0.0682. The summed E-state index contributed by atoms with van der Waals surface area (Å²) >= 11 is 0. The first-order chi connectivity index (χ1) is 2.77. The summed E-state index contributed by atoms with van der Waals surface area (Å²) in [7, 11) is -3.00. The molecule has 5 heteroatoms. The van der Waals surface area contributed by atoms with Crippen LogP contribution in [-0.4, -0.2) is 11.4 Å². The maximum atomic E-state index is 9.33. The van der Waals surface area contributed by atoms with Gasteiger partial charge in [-0.2, -0.15) is 0 Å². The molecular formula is CH3O4P. The number of carbonyl (C=O) groups is 1. The Labute approximate surface area is 34.7 Å². The maximum Gasteiger partial charge on any atom is 0.367 e. The third-order valence-corrected chi connectivity index (χ3v) is 0.447. The van der Waals surface area contributed by atoms with Gasteiger partial charge in [0.2, 0.25) is 0 Å². The van der Waals surface area contributed by atoms with Gasteiger partial charge < -0.3 is 9.42 Å². The molecule has 6 heavy (non-hydrogen) atoms. The summed E-state index contributed by atoms with van der Waals surface area (Å²) in [6.07, 6.45) is 0. The Kier molecular flexibility index (Phi) is 2.71. The molecule has 1 N–H and O–H groups in total. The van der Waals surface area contributed by atoms with Crippen LogP contribution in [0, 0.1) is 0 Å². The first-order valence-electron chi connectivity index (χ1n) is 1.10. The van der Waals surface area contributed by atoms with E-state index in [9.17, 15) is 4.57 Å². The number of rotatable bonds is 2. The maximum absolute atomic E-state index is 9.33. The number of hydrogen-bond donors (Lipinski definition) is 1. The summed E-state index contributed by atoms with van der Waals surface area (Å²) in [4.78, 5) is 16.7. The molecule has 0 aliphatic carbocycles. The molecule has 0 spiro atoms. The molecule has 0 aromatic rings. The second kappa shape index (κ2) is 2.87. The van der Waals surface area contributed by atoms with Crippen LogP contribution in [0.15, 0.2) is 0 Å². The molecule has 0 fully saturated rings. The highest BCUT2D eigenvalue weighted by Crippen LogP contribution is 2.10. The van der Waals surface area contributed by atoms with Crippen molar-refractivity contribution < 1.29 is 18.8 Å². The van der Waals surface area contributed by atoms with E-state index in [1.807, 2.05) is 0 Å². The van der Waals surface area contributed by atoms with Crippen molar-refractivity contribution in [3.05, 3.63) is 0 Å². The van der Waals surface area contributed by atoms with Gasteiger partial charge in [-0.15, -0.1) is 0 Å². The molecule has 0 aliphatic heterocycles. The molecule has 0 radical (unpaired) electrons. The highest BCUT2D eigenvalue weighted by atomic mass is 31.1. The SMILES string of the molecule is O=CO[PH](=O)O. The Balaban J connectivity index is 3.05. The van der Waals surface area contributed by atoms with E-state index in [0.29, 0.717) is 0 Å². The molecule has 0 heterocycles. The van der Waals surface area contributed by atoms with Crippen molar-refractivity contribution in [2.45, 2.75) is 0 Å². The lowest BCUT2D eigenvalue weighted by Crippen LogP contribution is -1.67. The molecule has 36 valence electrons. The van der Waals surface area contributed by atoms with Gasteiger partial charge in [0, 0.05) is 0 Å². The molecule has 0 saturated heterocycles. The van der Waals surface area contributed by atoms with E-state index < -0.39 is 8.25 Å². The van der Waals surface area contributed by atoms with Crippen molar-refractivity contribution in [2.75, 3.05) is 0 Å². The number of hydrogen-bond acceptors (Lipinski definition) is 3. The predicted octanol–water partition coefficient (Wildman–Crippen LogP) is -0.459. The fraction of sp³-hybridized carbons (Fsp3) is 0. The zero-order valence-corrected chi connectivity index (χ0v) is 3.75. The Bertz CT molecular complexity index is 67.9. The van der Waals surface area contributed by atoms with Gasteiger partial charge >= 0.3 is 8.25 Å². The average Bonchev–Trinajstić information content (AvgIpc) is 1.35. The van der Waals surface area contributed by atoms with E-state index in [4.69, 9.17) is 9.69 Å². The van der Waals surface area contributed by atoms with Crippen molar-refractivity contribution in [2.24, 2.45) is 0 Å². The predicted molar refractivity (Wildman–Crippen MR) is 18.4 cm³/mol. The zero-order chi connectivity index (χ0) is 4.99. The van der Waals surface area contributed by atoms with Crippen LogP contribution in [-0.2, 0) is 13.9 Å². The highest BCUT2D eigenvalue weighted by Gasteiger charge is 1.80. The first-order valence-corrected chi connectivity index (χ1v) is 2.37. The summed E-state index contributed by atoms with van der Waals surface area (Å²) < 4.78 is 12.8. The van der Waals surface area contributed by atoms with E-state index in [1.165, 1.54) is 0 Å². The van der Waals surface area contributed by atoms with Crippen LogP contribution in [0.3, 0.4) is 0 Å². The molecule has 0 rings (SSSR count). The smallest absolute Gasteiger partial charge is 0.367 e. The lowest BCUT2D eigenvalue weighted by molar-refractivity contribution is -0.120. The van der Waals surface area contributed by atoms with Gasteiger partial charge in [0.25, 0.3) is 6.47 Å². The van der Waals surface area contributed by atoms with Gasteiger partial charge in [-0.05, 0) is 0 Å². The topological polar surface area (TPSA) is 63.6 Å². The number of carbonyl (C=O) groups excluding carboxylic acids is 1. The lowest BCUT2D eigenvalue weighted by atomic mass is 11.7. The summed E-state index contributed by atoms with van der Waals surface area (Å²) in [5.41, 5.74) is 0. The van der Waals surface area contributed by atoms with Gasteiger partial charge in [-0.1, -0.05) is 0 Å². The van der Waals surface area contributed by atoms with Gasteiger partial charge in [0.15, 0.2) is 0 Å². The molecule has 0 aromatic heterocycles. The van der Waals surface area contributed by atoms with Crippen molar-refractivity contribution >= 4 is 14.7 Å². The van der Waals surface area contributed by atoms with Gasteiger partial charge in [-0.25, -0.2) is 4.57 Å². The fourth-order valence-corrected chi connectivity index (χ4v) is 0.123. The lowest BCUT2D eigenvalue weighted by Gasteiger charge is -1.80. The minimum Gasteiger partial charge on any atom is -0.396 e. The molecule has 0 saturated carbocycles. The highest BCUT2D eigenvalue weighted by molar-refractivity contribution is 7.32. The summed E-state index contributed by atoms with van der Waals surface area (Å²) in [5.74, 6) is 0. The van der Waals surface area contributed by atoms with Crippen LogP contribution < -0.4 is 0 Å². The van der Waals surface area contributed by atoms with Gasteiger partial charge in [0.05, 0.1) is 0 Å². The monoisotopic (exact) mass is 110 g/mol. The van der Waals surface area contributed by atoms with Crippen molar-refractivity contribution in [3.63, 3.8) is 0 Å². The standard InChI is InChI=1S/CH3O4P/c2-1-5-6(3)4/h1,6H,(H,3,4). The van der Waals surface area contributed by atoms with Crippen LogP contribution in [0.2, 0.25) is 0 Å². The van der Waals surface area contributed by atoms with Crippen molar-refractivity contribution in [1.29, 1.82) is 0 Å². The van der Waals surface area contributed by atoms with Crippen LogP contribution >= 0.6 is 8.25 Å². The Morgan fingerprint density at radius 1 is 1.83 bits per heavy atom. The molecule has 4 nitrogen and oxygen atoms in total. The molecule has 1 unspecified atom stereocenters. The van der Waals surface area contributed by atoms with Crippen molar-refractivity contribution in [1.82, 2.24) is 0 Å². The normalized spacial score (nSPS) is 12.8. The van der Waals surface area contributed by atoms with E-state index in [-0.39, 0.29) is 6.47 Å². The molecule has 0 aliphatic rings. The third-order valence-electron chi connectivity index (χ3n) is 0.149. The fourth-order valence-electron chi connectivity index (χ4n) is 0.0412. The third kappa shape index (κ3) is 3.66. The van der Waals surface area contributed by atoms with Gasteiger partial charge in [0.1, 0.15) is 0 Å². The molecule has 0 amide bonds. The Morgan fingerprint density at radius 2 is 2.33 bits per heavy atom. The first kappa shape index (κ1) is 5.66. The molecule has 0 aromatic carbocycles. The Morgan fingerprint density at radius 3 is 2.33 bits per heavy atom. The van der Waals surface area contributed by atoms with Crippen LogP contribution in [0.4, 0.5) is 0 Å². The minimum atomic E-state index is -3.00. The molecular weight excluding hydrogens is 107 g/mol. The van der Waals surface area contributed by atoms with E-state index >= 15 is 0 Å². The second-order valence-corrected chi connectivity index (χ2v) is 1.25. The quantitative estimate of drug-likeness (QED) is 0.386. The van der Waals surface area contributed by atoms with Crippen LogP contribution in [0.25, 0.3) is 0 Å². The van der Waals surface area contributed by atoms with E-state index in [1.54, 1.807) is 0 Å². The largest absolute Gasteiger partial charge is 0.396 e.